The summed E-state index contributed by atoms with van der Waals surface area (Å²) in [5.74, 6) is 0. The average Bonchev–Trinajstić information content (AvgIpc) is 2.61. The molecule has 1 aromatic heterocycles. The van der Waals surface area contributed by atoms with Crippen LogP contribution in [0.25, 0.3) is 11.1 Å². The van der Waals surface area contributed by atoms with E-state index < -0.39 is 0 Å². The number of pyridine rings is 1. The van der Waals surface area contributed by atoms with Crippen molar-refractivity contribution in [3.05, 3.63) is 88.2 Å². The van der Waals surface area contributed by atoms with Gasteiger partial charge in [0.15, 0.2) is 0 Å². The van der Waals surface area contributed by atoms with E-state index in [0.717, 1.165) is 17.3 Å². The average molecular weight is 363 g/mol. The van der Waals surface area contributed by atoms with Crippen LogP contribution in [0.3, 0.4) is 0 Å². The number of halogens is 1. The van der Waals surface area contributed by atoms with Crippen molar-refractivity contribution in [3.8, 4) is 17.2 Å². The Bertz CT molecular complexity index is 834. The molecule has 3 aromatic rings. The summed E-state index contributed by atoms with van der Waals surface area (Å²) >= 11 is 3.47. The Labute approximate surface area is 144 Å². The molecule has 0 atom stereocenters. The molecule has 2 aromatic carbocycles. The molecule has 0 bridgehead atoms. The van der Waals surface area contributed by atoms with E-state index in [4.69, 9.17) is 0 Å². The van der Waals surface area contributed by atoms with Crippen LogP contribution in [0.5, 0.6) is 0 Å². The van der Waals surface area contributed by atoms with Crippen molar-refractivity contribution in [1.82, 2.24) is 4.98 Å². The lowest BCUT2D eigenvalue weighted by Gasteiger charge is -2.11. The second-order valence-electron chi connectivity index (χ2n) is 5.35. The Morgan fingerprint density at radius 3 is 2.52 bits per heavy atom. The fourth-order valence-corrected chi connectivity index (χ4v) is 2.87. The summed E-state index contributed by atoms with van der Waals surface area (Å²) in [7, 11) is 0. The number of nitrogens with zero attached hydrogens (tertiary/aromatic N) is 2. The van der Waals surface area contributed by atoms with Gasteiger partial charge in [-0.3, -0.25) is 4.98 Å². The fourth-order valence-electron chi connectivity index (χ4n) is 2.61. The predicted octanol–water partition coefficient (Wildman–Crippen LogP) is 5.17. The summed E-state index contributed by atoms with van der Waals surface area (Å²) in [6.07, 6.45) is 5.47. The van der Waals surface area contributed by atoms with Crippen LogP contribution >= 0.6 is 15.9 Å². The first-order valence-corrected chi connectivity index (χ1v) is 8.23. The molecule has 1 heterocycles. The summed E-state index contributed by atoms with van der Waals surface area (Å²) in [4.78, 5) is 4.16. The number of nitriles is 1. The highest BCUT2D eigenvalue weighted by Gasteiger charge is 2.07. The minimum absolute atomic E-state index is 0.701. The maximum absolute atomic E-state index is 9.18. The van der Waals surface area contributed by atoms with Crippen LogP contribution in [0.1, 0.15) is 16.7 Å². The lowest BCUT2D eigenvalue weighted by Crippen LogP contribution is -1.96. The molecule has 0 amide bonds. The Morgan fingerprint density at radius 1 is 1.00 bits per heavy atom. The standard InChI is InChI=1S/C20H15BrN2/c21-19-8-6-17(7-9-19)20-10-4-16(13-22)12-18(20)5-3-15-2-1-11-23-14-15/h1-2,4,6-12,14H,3,5H2. The SMILES string of the molecule is N#Cc1ccc(-c2ccc(Br)cc2)c(CCc2cccnc2)c1. The summed E-state index contributed by atoms with van der Waals surface area (Å²) in [6, 6.07) is 20.5. The number of benzene rings is 2. The predicted molar refractivity (Wildman–Crippen MR) is 95.9 cm³/mol. The van der Waals surface area contributed by atoms with E-state index in [1.807, 2.05) is 42.6 Å². The van der Waals surface area contributed by atoms with Gasteiger partial charge in [0.05, 0.1) is 11.6 Å². The zero-order valence-corrected chi connectivity index (χ0v) is 14.1. The normalized spacial score (nSPS) is 10.3. The highest BCUT2D eigenvalue weighted by Crippen LogP contribution is 2.27. The van der Waals surface area contributed by atoms with E-state index in [9.17, 15) is 5.26 Å². The van der Waals surface area contributed by atoms with Crippen molar-refractivity contribution >= 4 is 15.9 Å². The van der Waals surface area contributed by atoms with E-state index in [1.54, 1.807) is 6.20 Å². The van der Waals surface area contributed by atoms with Crippen LogP contribution in [0.4, 0.5) is 0 Å². The van der Waals surface area contributed by atoms with Gasteiger partial charge in [-0.25, -0.2) is 0 Å². The fraction of sp³-hybridized carbons (Fsp3) is 0.100. The Kier molecular flexibility index (Phi) is 4.85. The van der Waals surface area contributed by atoms with Crippen molar-refractivity contribution in [2.75, 3.05) is 0 Å². The molecule has 23 heavy (non-hydrogen) atoms. The number of hydrogen-bond acceptors (Lipinski definition) is 2. The van der Waals surface area contributed by atoms with E-state index in [2.05, 4.69) is 45.2 Å². The van der Waals surface area contributed by atoms with Crippen molar-refractivity contribution in [2.45, 2.75) is 12.8 Å². The van der Waals surface area contributed by atoms with Gasteiger partial charge in [-0.2, -0.15) is 5.26 Å². The van der Waals surface area contributed by atoms with Gasteiger partial charge in [0.1, 0.15) is 0 Å². The molecule has 3 heteroatoms. The minimum Gasteiger partial charge on any atom is -0.264 e. The molecular weight excluding hydrogens is 348 g/mol. The third-order valence-corrected chi connectivity index (χ3v) is 4.32. The van der Waals surface area contributed by atoms with E-state index in [-0.39, 0.29) is 0 Å². The molecule has 3 rings (SSSR count). The largest absolute Gasteiger partial charge is 0.264 e. The Morgan fingerprint density at radius 2 is 1.83 bits per heavy atom. The smallest absolute Gasteiger partial charge is 0.0991 e. The summed E-state index contributed by atoms with van der Waals surface area (Å²) in [5.41, 5.74) is 5.44. The van der Waals surface area contributed by atoms with Gasteiger partial charge in [0.2, 0.25) is 0 Å². The van der Waals surface area contributed by atoms with Crippen LogP contribution in [0.15, 0.2) is 71.5 Å². The number of hydrogen-bond donors (Lipinski definition) is 0. The first-order valence-electron chi connectivity index (χ1n) is 7.44. The molecule has 0 radical (unpaired) electrons. The van der Waals surface area contributed by atoms with E-state index >= 15 is 0 Å². The first kappa shape index (κ1) is 15.5. The number of aromatic nitrogens is 1. The minimum atomic E-state index is 0.701. The molecule has 0 spiro atoms. The van der Waals surface area contributed by atoms with Gasteiger partial charge >= 0.3 is 0 Å². The third kappa shape index (κ3) is 3.85. The molecule has 0 saturated heterocycles. The van der Waals surface area contributed by atoms with Gasteiger partial charge in [0.25, 0.3) is 0 Å². The molecular formula is C20H15BrN2. The van der Waals surface area contributed by atoms with Gasteiger partial charge in [-0.15, -0.1) is 0 Å². The van der Waals surface area contributed by atoms with Crippen molar-refractivity contribution in [2.24, 2.45) is 0 Å². The topological polar surface area (TPSA) is 36.7 Å². The number of rotatable bonds is 4. The summed E-state index contributed by atoms with van der Waals surface area (Å²) in [5, 5.41) is 9.18. The lowest BCUT2D eigenvalue weighted by molar-refractivity contribution is 0.951. The number of aryl methyl sites for hydroxylation is 2. The third-order valence-electron chi connectivity index (χ3n) is 3.80. The second kappa shape index (κ2) is 7.21. The van der Waals surface area contributed by atoms with Crippen LogP contribution in [0.2, 0.25) is 0 Å². The molecule has 0 saturated carbocycles. The summed E-state index contributed by atoms with van der Waals surface area (Å²) < 4.78 is 1.06. The lowest BCUT2D eigenvalue weighted by atomic mass is 9.94. The van der Waals surface area contributed by atoms with Crippen molar-refractivity contribution in [1.29, 1.82) is 5.26 Å². The molecule has 2 nitrogen and oxygen atoms in total. The zero-order valence-electron chi connectivity index (χ0n) is 12.5. The Hall–Kier alpha value is -2.44. The molecule has 0 aliphatic carbocycles. The molecule has 0 N–H and O–H groups in total. The maximum atomic E-state index is 9.18. The monoisotopic (exact) mass is 362 g/mol. The van der Waals surface area contributed by atoms with E-state index in [0.29, 0.717) is 5.56 Å². The summed E-state index contributed by atoms with van der Waals surface area (Å²) in [6.45, 7) is 0. The highest BCUT2D eigenvalue weighted by molar-refractivity contribution is 9.10. The molecule has 0 aliphatic rings. The van der Waals surface area contributed by atoms with Crippen LogP contribution in [0, 0.1) is 11.3 Å². The van der Waals surface area contributed by atoms with Gasteiger partial charge < -0.3 is 0 Å². The van der Waals surface area contributed by atoms with Crippen LogP contribution in [-0.4, -0.2) is 4.98 Å². The highest BCUT2D eigenvalue weighted by atomic mass is 79.9. The van der Waals surface area contributed by atoms with Crippen LogP contribution < -0.4 is 0 Å². The molecule has 112 valence electrons. The van der Waals surface area contributed by atoms with Crippen molar-refractivity contribution in [3.63, 3.8) is 0 Å². The van der Waals surface area contributed by atoms with Gasteiger partial charge in [-0.05, 0) is 65.4 Å². The second-order valence-corrected chi connectivity index (χ2v) is 6.27. The first-order chi connectivity index (χ1) is 11.3. The molecule has 0 aliphatic heterocycles. The molecule has 0 unspecified atom stereocenters. The Balaban J connectivity index is 1.93. The van der Waals surface area contributed by atoms with Crippen LogP contribution in [-0.2, 0) is 12.8 Å². The quantitative estimate of drug-likeness (QED) is 0.641. The zero-order chi connectivity index (χ0) is 16.1. The van der Waals surface area contributed by atoms with Crippen molar-refractivity contribution < 1.29 is 0 Å². The van der Waals surface area contributed by atoms with Gasteiger partial charge in [-0.1, -0.05) is 40.2 Å². The molecule has 0 fully saturated rings. The maximum Gasteiger partial charge on any atom is 0.0991 e. The van der Waals surface area contributed by atoms with Gasteiger partial charge in [0, 0.05) is 16.9 Å². The van der Waals surface area contributed by atoms with E-state index in [1.165, 1.54) is 22.3 Å².